The Balaban J connectivity index is 1.64. The maximum atomic E-state index is 12.0. The normalized spacial score (nSPS) is 12.4. The lowest BCUT2D eigenvalue weighted by atomic mass is 10.2. The number of hydrazine groups is 1. The molecule has 0 aromatic heterocycles. The molecule has 0 saturated heterocycles. The summed E-state index contributed by atoms with van der Waals surface area (Å²) in [6.45, 7) is 0.939. The molecule has 2 N–H and O–H groups in total. The van der Waals surface area contributed by atoms with E-state index >= 15 is 0 Å². The molecule has 6 heteroatoms. The molecule has 0 saturated carbocycles. The van der Waals surface area contributed by atoms with Gasteiger partial charge in [-0.1, -0.05) is 18.2 Å². The zero-order valence-corrected chi connectivity index (χ0v) is 11.7. The Labute approximate surface area is 127 Å². The molecule has 3 rings (SSSR count). The predicted molar refractivity (Wildman–Crippen MR) is 78.8 cm³/mol. The molecule has 2 aromatic rings. The molecule has 0 radical (unpaired) electrons. The first-order valence-electron chi connectivity index (χ1n) is 6.79. The van der Waals surface area contributed by atoms with Crippen LogP contribution in [-0.4, -0.2) is 25.0 Å². The van der Waals surface area contributed by atoms with Crippen LogP contribution in [0.3, 0.4) is 0 Å². The average molecular weight is 298 g/mol. The molecule has 112 valence electrons. The van der Waals surface area contributed by atoms with E-state index in [0.717, 1.165) is 0 Å². The van der Waals surface area contributed by atoms with Crippen LogP contribution in [0.2, 0.25) is 0 Å². The highest BCUT2D eigenvalue weighted by molar-refractivity contribution is 5.99. The van der Waals surface area contributed by atoms with E-state index in [1.807, 2.05) is 6.07 Å². The second-order valence-electron chi connectivity index (χ2n) is 4.63. The van der Waals surface area contributed by atoms with Crippen molar-refractivity contribution in [3.05, 3.63) is 59.7 Å². The van der Waals surface area contributed by atoms with Crippen LogP contribution in [0.15, 0.2) is 48.5 Å². The quantitative estimate of drug-likeness (QED) is 0.824. The van der Waals surface area contributed by atoms with Crippen LogP contribution in [0.25, 0.3) is 0 Å². The van der Waals surface area contributed by atoms with Gasteiger partial charge in [0.25, 0.3) is 11.8 Å². The summed E-state index contributed by atoms with van der Waals surface area (Å²) in [5, 5.41) is 0. The van der Waals surface area contributed by atoms with E-state index in [-0.39, 0.29) is 5.91 Å². The molecule has 2 aromatic carbocycles. The van der Waals surface area contributed by atoms with Gasteiger partial charge in [-0.25, -0.2) is 0 Å². The zero-order valence-electron chi connectivity index (χ0n) is 11.7. The number of fused-ring (bicyclic) bond motifs is 1. The van der Waals surface area contributed by atoms with Crippen LogP contribution in [-0.2, 0) is 0 Å². The summed E-state index contributed by atoms with van der Waals surface area (Å²) in [4.78, 5) is 23.9. The van der Waals surface area contributed by atoms with E-state index < -0.39 is 5.91 Å². The summed E-state index contributed by atoms with van der Waals surface area (Å²) < 4.78 is 10.8. The molecule has 22 heavy (non-hydrogen) atoms. The third kappa shape index (κ3) is 3.01. The number of carbonyl (C=O) groups excluding carboxylic acids is 2. The minimum atomic E-state index is -0.429. The van der Waals surface area contributed by atoms with Crippen LogP contribution in [0, 0.1) is 0 Å². The minimum absolute atomic E-state index is 0.373. The molecule has 0 aliphatic carbocycles. The largest absolute Gasteiger partial charge is 0.486 e. The van der Waals surface area contributed by atoms with Gasteiger partial charge in [-0.3, -0.25) is 20.4 Å². The van der Waals surface area contributed by atoms with Gasteiger partial charge in [0.05, 0.1) is 0 Å². The Morgan fingerprint density at radius 2 is 1.41 bits per heavy atom. The molecule has 0 spiro atoms. The standard InChI is InChI=1S/C16H14N2O4/c19-15(11-4-2-1-3-5-11)17-18-16(20)12-6-7-13-14(10-12)22-9-8-21-13/h1-7,10H,8-9H2,(H,17,19)(H,18,20). The number of hydrogen-bond donors (Lipinski definition) is 2. The molecule has 1 aliphatic rings. The van der Waals surface area contributed by atoms with E-state index in [0.29, 0.717) is 35.8 Å². The van der Waals surface area contributed by atoms with Crippen LogP contribution < -0.4 is 20.3 Å². The van der Waals surface area contributed by atoms with Crippen LogP contribution >= 0.6 is 0 Å². The third-order valence-electron chi connectivity index (χ3n) is 3.13. The van der Waals surface area contributed by atoms with Gasteiger partial charge < -0.3 is 9.47 Å². The Kier molecular flexibility index (Phi) is 3.91. The van der Waals surface area contributed by atoms with Crippen LogP contribution in [0.4, 0.5) is 0 Å². The van der Waals surface area contributed by atoms with Crippen molar-refractivity contribution in [1.29, 1.82) is 0 Å². The number of ether oxygens (including phenoxy) is 2. The highest BCUT2D eigenvalue weighted by Gasteiger charge is 2.15. The zero-order chi connectivity index (χ0) is 15.4. The maximum absolute atomic E-state index is 12.0. The maximum Gasteiger partial charge on any atom is 0.269 e. The van der Waals surface area contributed by atoms with Crippen molar-refractivity contribution in [3.63, 3.8) is 0 Å². The SMILES string of the molecule is O=C(NNC(=O)c1ccc2c(c1)OCCO2)c1ccccc1. The second kappa shape index (κ2) is 6.17. The Bertz CT molecular complexity index is 701. The van der Waals surface area contributed by atoms with Gasteiger partial charge in [0, 0.05) is 11.1 Å². The third-order valence-corrected chi connectivity index (χ3v) is 3.13. The van der Waals surface area contributed by atoms with Gasteiger partial charge >= 0.3 is 0 Å². The topological polar surface area (TPSA) is 76.7 Å². The smallest absolute Gasteiger partial charge is 0.269 e. The van der Waals surface area contributed by atoms with Crippen molar-refractivity contribution in [2.75, 3.05) is 13.2 Å². The van der Waals surface area contributed by atoms with Crippen molar-refractivity contribution in [3.8, 4) is 11.5 Å². The fraction of sp³-hybridized carbons (Fsp3) is 0.125. The Morgan fingerprint density at radius 1 is 0.773 bits per heavy atom. The van der Waals surface area contributed by atoms with E-state index in [2.05, 4.69) is 10.9 Å². The number of nitrogens with one attached hydrogen (secondary N) is 2. The molecule has 2 amide bonds. The lowest BCUT2D eigenvalue weighted by Crippen LogP contribution is -2.41. The van der Waals surface area contributed by atoms with Gasteiger partial charge in [-0.15, -0.1) is 0 Å². The number of benzene rings is 2. The monoisotopic (exact) mass is 298 g/mol. The molecule has 0 fully saturated rings. The van der Waals surface area contributed by atoms with Crippen LogP contribution in [0.1, 0.15) is 20.7 Å². The highest BCUT2D eigenvalue weighted by Crippen LogP contribution is 2.30. The summed E-state index contributed by atoms with van der Waals surface area (Å²) in [7, 11) is 0. The van der Waals surface area contributed by atoms with Crippen LogP contribution in [0.5, 0.6) is 11.5 Å². The minimum Gasteiger partial charge on any atom is -0.486 e. The van der Waals surface area contributed by atoms with E-state index in [1.54, 1.807) is 42.5 Å². The molecule has 0 bridgehead atoms. The molecular weight excluding hydrogens is 284 g/mol. The Hall–Kier alpha value is -3.02. The summed E-state index contributed by atoms with van der Waals surface area (Å²) in [5.41, 5.74) is 5.57. The molecule has 1 heterocycles. The van der Waals surface area contributed by atoms with Gasteiger partial charge in [0.15, 0.2) is 11.5 Å². The molecule has 0 unspecified atom stereocenters. The highest BCUT2D eigenvalue weighted by atomic mass is 16.6. The second-order valence-corrected chi connectivity index (χ2v) is 4.63. The number of rotatable bonds is 2. The lowest BCUT2D eigenvalue weighted by molar-refractivity contribution is 0.0846. The summed E-state index contributed by atoms with van der Waals surface area (Å²) in [6, 6.07) is 13.5. The van der Waals surface area contributed by atoms with Gasteiger partial charge in [0.1, 0.15) is 13.2 Å². The van der Waals surface area contributed by atoms with E-state index in [1.165, 1.54) is 0 Å². The van der Waals surface area contributed by atoms with E-state index in [4.69, 9.17) is 9.47 Å². The predicted octanol–water partition coefficient (Wildman–Crippen LogP) is 1.53. The summed E-state index contributed by atoms with van der Waals surface area (Å²) >= 11 is 0. The first-order valence-corrected chi connectivity index (χ1v) is 6.79. The van der Waals surface area contributed by atoms with E-state index in [9.17, 15) is 9.59 Å². The van der Waals surface area contributed by atoms with Crippen molar-refractivity contribution in [2.24, 2.45) is 0 Å². The van der Waals surface area contributed by atoms with Crippen molar-refractivity contribution >= 4 is 11.8 Å². The molecule has 1 aliphatic heterocycles. The van der Waals surface area contributed by atoms with Crippen molar-refractivity contribution in [1.82, 2.24) is 10.9 Å². The molecule has 6 nitrogen and oxygen atoms in total. The fourth-order valence-corrected chi connectivity index (χ4v) is 2.03. The molecular formula is C16H14N2O4. The fourth-order valence-electron chi connectivity index (χ4n) is 2.03. The number of carbonyl (C=O) groups is 2. The first-order chi connectivity index (χ1) is 10.7. The Morgan fingerprint density at radius 3 is 2.14 bits per heavy atom. The number of hydrogen-bond acceptors (Lipinski definition) is 4. The molecule has 0 atom stereocenters. The first kappa shape index (κ1) is 13.9. The van der Waals surface area contributed by atoms with Gasteiger partial charge in [-0.2, -0.15) is 0 Å². The lowest BCUT2D eigenvalue weighted by Gasteiger charge is -2.18. The number of amides is 2. The van der Waals surface area contributed by atoms with Gasteiger partial charge in [-0.05, 0) is 30.3 Å². The van der Waals surface area contributed by atoms with Gasteiger partial charge in [0.2, 0.25) is 0 Å². The van der Waals surface area contributed by atoms with Crippen molar-refractivity contribution in [2.45, 2.75) is 0 Å². The average Bonchev–Trinajstić information content (AvgIpc) is 2.59. The van der Waals surface area contributed by atoms with Crippen molar-refractivity contribution < 1.29 is 19.1 Å². The summed E-state index contributed by atoms with van der Waals surface area (Å²) in [5.74, 6) is 0.317. The summed E-state index contributed by atoms with van der Waals surface area (Å²) in [6.07, 6.45) is 0.